The normalized spacial score (nSPS) is 19.5. The van der Waals surface area contributed by atoms with Crippen LogP contribution in [-0.2, 0) is 16.2 Å². The van der Waals surface area contributed by atoms with Crippen molar-refractivity contribution in [3.63, 3.8) is 0 Å². The summed E-state index contributed by atoms with van der Waals surface area (Å²) < 4.78 is 5.29. The SMILES string of the molecule is CC(C)(C)c1ccc2c(c1)B1c3cc(C(C)(C)C)ccc3N(c3ccc4c(c3)sc3ccccc34)c3cc(N4c5ccccc5C5(C)CCCCC45C)cc(c31)N2c1ccc2c(c1)sc1ccccc12. The first kappa shape index (κ1) is 42.5. The van der Waals surface area contributed by atoms with Gasteiger partial charge in [-0.2, -0.15) is 0 Å². The van der Waals surface area contributed by atoms with Crippen molar-refractivity contribution in [2.75, 3.05) is 14.7 Å². The molecule has 0 spiro atoms. The molecule has 0 saturated heterocycles. The summed E-state index contributed by atoms with van der Waals surface area (Å²) in [6.07, 6.45) is 4.81. The summed E-state index contributed by atoms with van der Waals surface area (Å²) in [5.41, 5.74) is 18.2. The maximum Gasteiger partial charge on any atom is 0.252 e. The Morgan fingerprint density at radius 2 is 0.929 bits per heavy atom. The van der Waals surface area contributed by atoms with Crippen molar-refractivity contribution in [3.8, 4) is 0 Å². The number of rotatable bonds is 3. The first-order valence-corrected chi connectivity index (χ1v) is 27.1. The monoisotopic (exact) mass is 943 g/mol. The number of thiophene rings is 2. The van der Waals surface area contributed by atoms with E-state index >= 15 is 0 Å². The Morgan fingerprint density at radius 1 is 0.443 bits per heavy atom. The molecule has 2 atom stereocenters. The molecule has 0 radical (unpaired) electrons. The minimum Gasteiger partial charge on any atom is -0.334 e. The molecular formula is C64H58BN3S2. The lowest BCUT2D eigenvalue weighted by atomic mass is 9.33. The Bertz CT molecular complexity index is 3640. The molecule has 3 aliphatic heterocycles. The van der Waals surface area contributed by atoms with E-state index in [-0.39, 0.29) is 28.5 Å². The van der Waals surface area contributed by atoms with Crippen molar-refractivity contribution >= 4 is 132 Å². The molecule has 8 aromatic carbocycles. The fraction of sp³-hybridized carbons (Fsp3) is 0.250. The van der Waals surface area contributed by atoms with E-state index in [0.29, 0.717) is 0 Å². The number of benzene rings is 8. The fourth-order valence-corrected chi connectivity index (χ4v) is 15.7. The van der Waals surface area contributed by atoms with E-state index in [1.54, 1.807) is 0 Å². The zero-order valence-corrected chi connectivity index (χ0v) is 43.2. The Balaban J connectivity index is 1.12. The summed E-state index contributed by atoms with van der Waals surface area (Å²) in [4.78, 5) is 8.10. The molecule has 5 heterocycles. The molecule has 0 N–H and O–H groups in total. The summed E-state index contributed by atoms with van der Waals surface area (Å²) in [5, 5.41) is 5.30. The number of hydrogen-bond acceptors (Lipinski definition) is 5. The molecule has 1 fully saturated rings. The van der Waals surface area contributed by atoms with E-state index < -0.39 is 0 Å². The van der Waals surface area contributed by atoms with Crippen molar-refractivity contribution in [1.29, 1.82) is 0 Å². The highest BCUT2D eigenvalue weighted by molar-refractivity contribution is 7.26. The molecular weight excluding hydrogens is 886 g/mol. The van der Waals surface area contributed by atoms with Gasteiger partial charge in [0, 0.05) is 91.3 Å². The van der Waals surface area contributed by atoms with Gasteiger partial charge in [-0.25, -0.2) is 0 Å². The van der Waals surface area contributed by atoms with Gasteiger partial charge in [0.1, 0.15) is 0 Å². The van der Waals surface area contributed by atoms with Crippen LogP contribution in [0.4, 0.5) is 45.5 Å². The van der Waals surface area contributed by atoms with Crippen molar-refractivity contribution < 1.29 is 0 Å². The third-order valence-electron chi connectivity index (χ3n) is 17.3. The Hall–Kier alpha value is -6.34. The standard InChI is InChI=1S/C64H58BN3S2/c1-61(2,3)39-23-29-52-49(33-39)65-50-34-40(62(4,5)6)24-30-53(50)67(42-26-28-47-45-18-10-14-22-57(45)70-59(47)38-42)55-36-43(68-51-20-12-11-19-48(51)63(7)31-15-16-32-64(63,68)8)35-54(60(55)65)66(52)41-25-27-46-44-17-9-13-21-56(44)69-58(46)37-41/h9-14,17-30,33-38H,15-16,31-32H2,1-8H3. The lowest BCUT2D eigenvalue weighted by Gasteiger charge is -2.51. The van der Waals surface area contributed by atoms with Crippen molar-refractivity contribution in [2.24, 2.45) is 0 Å². The molecule has 3 nitrogen and oxygen atoms in total. The van der Waals surface area contributed by atoms with Gasteiger partial charge in [0.2, 0.25) is 0 Å². The summed E-state index contributed by atoms with van der Waals surface area (Å²) in [5.74, 6) is 0. The maximum atomic E-state index is 2.80. The van der Waals surface area contributed by atoms with Crippen LogP contribution >= 0.6 is 22.7 Å². The van der Waals surface area contributed by atoms with Crippen LogP contribution in [0.3, 0.4) is 0 Å². The van der Waals surface area contributed by atoms with Gasteiger partial charge >= 0.3 is 0 Å². The smallest absolute Gasteiger partial charge is 0.252 e. The average Bonchev–Trinajstić information content (AvgIpc) is 3.98. The topological polar surface area (TPSA) is 9.72 Å². The first-order chi connectivity index (χ1) is 33.7. The van der Waals surface area contributed by atoms with Gasteiger partial charge in [0.15, 0.2) is 0 Å². The van der Waals surface area contributed by atoms with Gasteiger partial charge in [-0.3, -0.25) is 0 Å². The summed E-state index contributed by atoms with van der Waals surface area (Å²) in [6, 6.07) is 61.8. The second kappa shape index (κ2) is 14.6. The second-order valence-electron chi connectivity index (χ2n) is 23.3. The van der Waals surface area contributed by atoms with Gasteiger partial charge in [-0.05, 0) is 130 Å². The third kappa shape index (κ3) is 5.87. The lowest BCUT2D eigenvalue weighted by Crippen LogP contribution is -2.62. The average molecular weight is 944 g/mol. The molecule has 1 saturated carbocycles. The summed E-state index contributed by atoms with van der Waals surface area (Å²) >= 11 is 3.81. The summed E-state index contributed by atoms with van der Waals surface area (Å²) in [7, 11) is 0. The molecule has 344 valence electrons. The van der Waals surface area contributed by atoms with Crippen LogP contribution in [-0.4, -0.2) is 12.3 Å². The van der Waals surface area contributed by atoms with Gasteiger partial charge in [0.25, 0.3) is 6.71 Å². The highest BCUT2D eigenvalue weighted by Crippen LogP contribution is 2.62. The molecule has 1 aliphatic carbocycles. The van der Waals surface area contributed by atoms with Crippen molar-refractivity contribution in [1.82, 2.24) is 0 Å². The van der Waals surface area contributed by atoms with Crippen LogP contribution in [0, 0.1) is 0 Å². The number of anilines is 8. The van der Waals surface area contributed by atoms with E-state index in [1.165, 1.54) is 138 Å². The summed E-state index contributed by atoms with van der Waals surface area (Å²) in [6.45, 7) is 19.3. The quantitative estimate of drug-likeness (QED) is 0.163. The van der Waals surface area contributed by atoms with Crippen molar-refractivity contribution in [2.45, 2.75) is 103 Å². The van der Waals surface area contributed by atoms with Crippen LogP contribution in [0.5, 0.6) is 0 Å². The largest absolute Gasteiger partial charge is 0.334 e. The first-order valence-electron chi connectivity index (χ1n) is 25.5. The third-order valence-corrected chi connectivity index (χ3v) is 19.6. The molecule has 10 aromatic rings. The van der Waals surface area contributed by atoms with Crippen LogP contribution in [0.15, 0.2) is 158 Å². The van der Waals surface area contributed by atoms with Gasteiger partial charge in [-0.1, -0.05) is 152 Å². The fourth-order valence-electron chi connectivity index (χ4n) is 13.4. The lowest BCUT2D eigenvalue weighted by molar-refractivity contribution is 0.195. The van der Waals surface area contributed by atoms with E-state index in [2.05, 4.69) is 228 Å². The molecule has 2 unspecified atom stereocenters. The van der Waals surface area contributed by atoms with Crippen molar-refractivity contribution in [3.05, 3.63) is 174 Å². The zero-order valence-electron chi connectivity index (χ0n) is 41.6. The van der Waals surface area contributed by atoms with E-state index in [4.69, 9.17) is 0 Å². The van der Waals surface area contributed by atoms with Crippen LogP contribution in [0.1, 0.15) is 97.8 Å². The van der Waals surface area contributed by atoms with E-state index in [1.807, 2.05) is 22.7 Å². The number of nitrogens with zero attached hydrogens (tertiary/aromatic N) is 3. The second-order valence-corrected chi connectivity index (χ2v) is 25.4. The van der Waals surface area contributed by atoms with E-state index in [9.17, 15) is 0 Å². The highest BCUT2D eigenvalue weighted by Gasteiger charge is 2.58. The Morgan fingerprint density at radius 3 is 1.47 bits per heavy atom. The predicted octanol–water partition coefficient (Wildman–Crippen LogP) is 16.8. The molecule has 2 aromatic heterocycles. The van der Waals surface area contributed by atoms with Gasteiger partial charge in [-0.15, -0.1) is 22.7 Å². The number of fused-ring (bicyclic) bond motifs is 13. The maximum absolute atomic E-state index is 2.80. The minimum atomic E-state index is -0.112. The molecule has 6 heteroatoms. The highest BCUT2D eigenvalue weighted by atomic mass is 32.1. The molecule has 0 bridgehead atoms. The van der Waals surface area contributed by atoms with Crippen LogP contribution in [0.2, 0.25) is 0 Å². The van der Waals surface area contributed by atoms with Gasteiger partial charge < -0.3 is 14.7 Å². The Labute approximate surface area is 421 Å². The minimum absolute atomic E-state index is 0.00339. The predicted molar refractivity (Wildman–Crippen MR) is 306 cm³/mol. The van der Waals surface area contributed by atoms with E-state index in [0.717, 1.165) is 6.42 Å². The van der Waals surface area contributed by atoms with Gasteiger partial charge in [0.05, 0.1) is 5.54 Å². The Kier molecular flexibility index (Phi) is 8.88. The molecule has 0 amide bonds. The number of hydrogen-bond donors (Lipinski definition) is 0. The molecule has 4 aliphatic rings. The molecule has 70 heavy (non-hydrogen) atoms. The number of para-hydroxylation sites is 1. The molecule has 14 rings (SSSR count). The van der Waals surface area contributed by atoms with Crippen LogP contribution < -0.4 is 31.1 Å². The van der Waals surface area contributed by atoms with Crippen LogP contribution in [0.25, 0.3) is 40.3 Å². The zero-order chi connectivity index (χ0) is 47.6.